The Kier molecular flexibility index (Phi) is 4.15. The number of nitrogens with zero attached hydrogens (tertiary/aromatic N) is 5. The maximum absolute atomic E-state index is 12.3. The largest absolute Gasteiger partial charge is 0.337 e. The predicted octanol–water partition coefficient (Wildman–Crippen LogP) is 2.50. The summed E-state index contributed by atoms with van der Waals surface area (Å²) in [7, 11) is 1.82. The number of benzene rings is 1. The molecule has 22 heavy (non-hydrogen) atoms. The van der Waals surface area contributed by atoms with Crippen molar-refractivity contribution < 1.29 is 4.79 Å². The maximum atomic E-state index is 12.3. The summed E-state index contributed by atoms with van der Waals surface area (Å²) in [5, 5.41) is 4.96. The van der Waals surface area contributed by atoms with Crippen molar-refractivity contribution in [2.45, 2.75) is 25.9 Å². The molecule has 0 spiro atoms. The van der Waals surface area contributed by atoms with Crippen molar-refractivity contribution in [2.24, 2.45) is 0 Å². The number of amides is 1. The van der Waals surface area contributed by atoms with Crippen molar-refractivity contribution in [3.8, 4) is 0 Å². The summed E-state index contributed by atoms with van der Waals surface area (Å²) in [5.74, 6) is 0.0715. The van der Waals surface area contributed by atoms with Gasteiger partial charge in [-0.15, -0.1) is 11.3 Å². The van der Waals surface area contributed by atoms with Crippen LogP contribution >= 0.6 is 11.3 Å². The molecule has 0 radical (unpaired) electrons. The zero-order chi connectivity index (χ0) is 15.5. The summed E-state index contributed by atoms with van der Waals surface area (Å²) >= 11 is 1.63. The lowest BCUT2D eigenvalue weighted by atomic mass is 10.2. The number of para-hydroxylation sites is 1. The van der Waals surface area contributed by atoms with E-state index < -0.39 is 0 Å². The fourth-order valence-electron chi connectivity index (χ4n) is 2.19. The highest BCUT2D eigenvalue weighted by Crippen LogP contribution is 2.28. The van der Waals surface area contributed by atoms with Gasteiger partial charge in [-0.05, 0) is 19.1 Å². The van der Waals surface area contributed by atoms with Gasteiger partial charge in [0.05, 0.1) is 22.8 Å². The molecule has 6 nitrogen and oxygen atoms in total. The van der Waals surface area contributed by atoms with Crippen LogP contribution in [0.2, 0.25) is 0 Å². The van der Waals surface area contributed by atoms with Gasteiger partial charge in [0, 0.05) is 13.5 Å². The van der Waals surface area contributed by atoms with E-state index >= 15 is 0 Å². The number of hydrogen-bond donors (Lipinski definition) is 0. The number of hydrogen-bond acceptors (Lipinski definition) is 5. The Bertz CT molecular complexity index is 734. The van der Waals surface area contributed by atoms with Gasteiger partial charge in [-0.3, -0.25) is 9.48 Å². The first-order valence-corrected chi connectivity index (χ1v) is 7.90. The van der Waals surface area contributed by atoms with Gasteiger partial charge in [0.25, 0.3) is 0 Å². The summed E-state index contributed by atoms with van der Waals surface area (Å²) in [4.78, 5) is 22.5. The van der Waals surface area contributed by atoms with Crippen LogP contribution in [0, 0.1) is 0 Å². The molecular weight excluding hydrogens is 298 g/mol. The molecular formula is C15H17N5OS. The first-order valence-electron chi connectivity index (χ1n) is 7.08. The van der Waals surface area contributed by atoms with Crippen molar-refractivity contribution in [2.75, 3.05) is 7.05 Å². The SMILES string of the molecule is CC(c1nc2ccccc2s1)N(C)C(=O)CCn1cncn1. The van der Waals surface area contributed by atoms with Gasteiger partial charge >= 0.3 is 0 Å². The number of fused-ring (bicyclic) bond motifs is 1. The zero-order valence-corrected chi connectivity index (χ0v) is 13.3. The number of carbonyl (C=O) groups excluding carboxylic acids is 1. The van der Waals surface area contributed by atoms with Crippen LogP contribution in [-0.2, 0) is 11.3 Å². The molecule has 7 heteroatoms. The van der Waals surface area contributed by atoms with E-state index in [2.05, 4.69) is 21.1 Å². The summed E-state index contributed by atoms with van der Waals surface area (Å²) < 4.78 is 2.81. The third kappa shape index (κ3) is 2.99. The lowest BCUT2D eigenvalue weighted by molar-refractivity contribution is -0.132. The molecule has 3 aromatic rings. The van der Waals surface area contributed by atoms with Crippen molar-refractivity contribution in [1.82, 2.24) is 24.6 Å². The van der Waals surface area contributed by atoms with Crippen molar-refractivity contribution >= 4 is 27.5 Å². The lowest BCUT2D eigenvalue weighted by Crippen LogP contribution is -2.30. The molecule has 0 aliphatic carbocycles. The molecule has 0 aliphatic rings. The Hall–Kier alpha value is -2.28. The van der Waals surface area contributed by atoms with Gasteiger partial charge in [0.15, 0.2) is 0 Å². The minimum atomic E-state index is -0.0411. The van der Waals surface area contributed by atoms with Crippen LogP contribution in [0.5, 0.6) is 0 Å². The molecule has 1 amide bonds. The van der Waals surface area contributed by atoms with Crippen LogP contribution < -0.4 is 0 Å². The van der Waals surface area contributed by atoms with Crippen LogP contribution in [0.15, 0.2) is 36.9 Å². The van der Waals surface area contributed by atoms with Crippen molar-refractivity contribution in [1.29, 1.82) is 0 Å². The molecule has 1 unspecified atom stereocenters. The van der Waals surface area contributed by atoms with Gasteiger partial charge in [-0.2, -0.15) is 5.10 Å². The average Bonchev–Trinajstić information content (AvgIpc) is 3.19. The lowest BCUT2D eigenvalue weighted by Gasteiger charge is -2.23. The molecule has 3 rings (SSSR count). The number of aromatic nitrogens is 4. The normalized spacial score (nSPS) is 12.5. The van der Waals surface area contributed by atoms with E-state index in [9.17, 15) is 4.79 Å². The molecule has 1 atom stereocenters. The second-order valence-electron chi connectivity index (χ2n) is 5.11. The maximum Gasteiger partial charge on any atom is 0.224 e. The van der Waals surface area contributed by atoms with E-state index in [0.29, 0.717) is 13.0 Å². The molecule has 2 heterocycles. The molecule has 0 aliphatic heterocycles. The quantitative estimate of drug-likeness (QED) is 0.725. The number of rotatable bonds is 5. The van der Waals surface area contributed by atoms with Crippen LogP contribution in [-0.4, -0.2) is 37.6 Å². The Morgan fingerprint density at radius 1 is 1.41 bits per heavy atom. The van der Waals surface area contributed by atoms with Gasteiger partial charge in [0.1, 0.15) is 17.7 Å². The Balaban J connectivity index is 1.67. The second-order valence-corrected chi connectivity index (χ2v) is 6.17. The summed E-state index contributed by atoms with van der Waals surface area (Å²) in [6, 6.07) is 7.98. The standard InChI is InChI=1S/C15H17N5OS/c1-11(15-18-12-5-3-4-6-13(12)22-15)19(2)14(21)7-8-20-10-16-9-17-20/h3-6,9-11H,7-8H2,1-2H3. The molecule has 0 saturated heterocycles. The smallest absolute Gasteiger partial charge is 0.224 e. The zero-order valence-electron chi connectivity index (χ0n) is 12.5. The van der Waals surface area contributed by atoms with Gasteiger partial charge in [0.2, 0.25) is 5.91 Å². The third-order valence-electron chi connectivity index (χ3n) is 3.66. The highest BCUT2D eigenvalue weighted by molar-refractivity contribution is 7.18. The van der Waals surface area contributed by atoms with E-state index in [4.69, 9.17) is 0 Å². The first-order chi connectivity index (χ1) is 10.6. The highest BCUT2D eigenvalue weighted by Gasteiger charge is 2.20. The Morgan fingerprint density at radius 2 is 2.23 bits per heavy atom. The monoisotopic (exact) mass is 315 g/mol. The van der Waals surface area contributed by atoms with Gasteiger partial charge in [-0.25, -0.2) is 9.97 Å². The molecule has 2 aromatic heterocycles. The van der Waals surface area contributed by atoms with E-state index in [1.807, 2.05) is 32.2 Å². The summed E-state index contributed by atoms with van der Waals surface area (Å²) in [6.07, 6.45) is 3.48. The Morgan fingerprint density at radius 3 is 2.95 bits per heavy atom. The fraction of sp³-hybridized carbons (Fsp3) is 0.333. The average molecular weight is 315 g/mol. The number of aryl methyl sites for hydroxylation is 1. The van der Waals surface area contributed by atoms with Gasteiger partial charge in [-0.1, -0.05) is 12.1 Å². The fourth-order valence-corrected chi connectivity index (χ4v) is 3.25. The minimum Gasteiger partial charge on any atom is -0.337 e. The van der Waals surface area contributed by atoms with E-state index in [1.165, 1.54) is 6.33 Å². The number of thiazole rings is 1. The molecule has 114 valence electrons. The molecule has 0 saturated carbocycles. The van der Waals surface area contributed by atoms with Gasteiger partial charge < -0.3 is 4.90 Å². The van der Waals surface area contributed by atoms with Crippen LogP contribution in [0.3, 0.4) is 0 Å². The third-order valence-corrected chi connectivity index (χ3v) is 4.87. The highest BCUT2D eigenvalue weighted by atomic mass is 32.1. The molecule has 1 aromatic carbocycles. The van der Waals surface area contributed by atoms with E-state index in [-0.39, 0.29) is 11.9 Å². The van der Waals surface area contributed by atoms with Crippen molar-refractivity contribution in [3.63, 3.8) is 0 Å². The molecule has 0 N–H and O–H groups in total. The van der Waals surface area contributed by atoms with Crippen LogP contribution in [0.1, 0.15) is 24.4 Å². The number of carbonyl (C=O) groups is 1. The summed E-state index contributed by atoms with van der Waals surface area (Å²) in [6.45, 7) is 2.54. The van der Waals surface area contributed by atoms with Crippen LogP contribution in [0.25, 0.3) is 10.2 Å². The topological polar surface area (TPSA) is 63.9 Å². The van der Waals surface area contributed by atoms with Crippen molar-refractivity contribution in [3.05, 3.63) is 41.9 Å². The molecule has 0 bridgehead atoms. The predicted molar refractivity (Wildman–Crippen MR) is 85.4 cm³/mol. The molecule has 0 fully saturated rings. The van der Waals surface area contributed by atoms with E-state index in [1.54, 1.807) is 27.2 Å². The second kappa shape index (κ2) is 6.23. The van der Waals surface area contributed by atoms with Crippen LogP contribution in [0.4, 0.5) is 0 Å². The first kappa shape index (κ1) is 14.6. The minimum absolute atomic E-state index is 0.0411. The Labute approximate surface area is 132 Å². The summed E-state index contributed by atoms with van der Waals surface area (Å²) in [5.41, 5.74) is 0.984. The van der Waals surface area contributed by atoms with E-state index in [0.717, 1.165) is 15.2 Å².